The van der Waals surface area contributed by atoms with Gasteiger partial charge in [-0.2, -0.15) is 0 Å². The number of nitrogens with one attached hydrogen (secondary N) is 2. The smallest absolute Gasteiger partial charge is 0.191 e. The summed E-state index contributed by atoms with van der Waals surface area (Å²) in [6, 6.07) is 9.00. The van der Waals surface area contributed by atoms with Crippen LogP contribution in [0.4, 0.5) is 0 Å². The van der Waals surface area contributed by atoms with Gasteiger partial charge in [0.25, 0.3) is 0 Å². The topological polar surface area (TPSA) is 54.9 Å². The largest absolute Gasteiger partial charge is 0.381 e. The third-order valence-electron chi connectivity index (χ3n) is 5.29. The van der Waals surface area contributed by atoms with Crippen molar-refractivity contribution in [3.05, 3.63) is 35.4 Å². The Balaban J connectivity index is 0.00000392. The number of ether oxygens (including phenoxy) is 2. The van der Waals surface area contributed by atoms with Crippen molar-refractivity contribution in [3.8, 4) is 0 Å². The molecule has 0 atom stereocenters. The highest BCUT2D eigenvalue weighted by Crippen LogP contribution is 2.24. The Kier molecular flexibility index (Phi) is 12.0. The average Bonchev–Trinajstić information content (AvgIpc) is 2.70. The summed E-state index contributed by atoms with van der Waals surface area (Å²) in [5.41, 5.74) is 2.61. The Morgan fingerprint density at radius 3 is 2.43 bits per heavy atom. The van der Waals surface area contributed by atoms with E-state index < -0.39 is 0 Å². The van der Waals surface area contributed by atoms with E-state index in [1.54, 1.807) is 7.11 Å². The lowest BCUT2D eigenvalue weighted by Crippen LogP contribution is -2.44. The number of hydrogen-bond donors (Lipinski definition) is 2. The molecule has 5 nitrogen and oxygen atoms in total. The fourth-order valence-corrected chi connectivity index (χ4v) is 3.30. The summed E-state index contributed by atoms with van der Waals surface area (Å²) in [5.74, 6) is 1.46. The standard InChI is InChI=1S/C22H37N3O2.HI/c1-5-23-21(25-17-22(26-4)12-15-27-16-13-22)24-14-6-7-19-8-10-20(11-9-19)18(2)3;/h8-11,18H,5-7,12-17H2,1-4H3,(H2,23,24,25);1H. The van der Waals surface area contributed by atoms with E-state index >= 15 is 0 Å². The average molecular weight is 503 g/mol. The summed E-state index contributed by atoms with van der Waals surface area (Å²) in [7, 11) is 1.78. The van der Waals surface area contributed by atoms with Gasteiger partial charge in [-0.15, -0.1) is 24.0 Å². The van der Waals surface area contributed by atoms with Crippen molar-refractivity contribution in [1.82, 2.24) is 10.6 Å². The number of nitrogens with zero attached hydrogens (tertiary/aromatic N) is 1. The van der Waals surface area contributed by atoms with Crippen molar-refractivity contribution in [2.45, 2.75) is 58.0 Å². The lowest BCUT2D eigenvalue weighted by Gasteiger charge is -2.34. The van der Waals surface area contributed by atoms with Gasteiger partial charge in [-0.05, 0) is 36.8 Å². The molecule has 0 unspecified atom stereocenters. The van der Waals surface area contributed by atoms with Crippen LogP contribution in [0.25, 0.3) is 0 Å². The van der Waals surface area contributed by atoms with Gasteiger partial charge in [0.1, 0.15) is 0 Å². The zero-order chi connectivity index (χ0) is 19.5. The van der Waals surface area contributed by atoms with E-state index in [1.807, 2.05) is 0 Å². The second-order valence-electron chi connectivity index (χ2n) is 7.62. The van der Waals surface area contributed by atoms with Crippen molar-refractivity contribution in [2.75, 3.05) is 40.0 Å². The number of benzene rings is 1. The van der Waals surface area contributed by atoms with E-state index in [2.05, 4.69) is 55.7 Å². The van der Waals surface area contributed by atoms with Gasteiger partial charge < -0.3 is 20.1 Å². The van der Waals surface area contributed by atoms with Crippen molar-refractivity contribution in [2.24, 2.45) is 4.99 Å². The third kappa shape index (κ3) is 8.25. The highest BCUT2D eigenvalue weighted by atomic mass is 127. The molecular weight excluding hydrogens is 465 g/mol. The number of halogens is 1. The molecule has 0 radical (unpaired) electrons. The molecule has 1 fully saturated rings. The molecular formula is C22H38IN3O2. The molecule has 1 aliphatic heterocycles. The molecule has 0 aliphatic carbocycles. The van der Waals surface area contributed by atoms with E-state index in [9.17, 15) is 0 Å². The molecule has 160 valence electrons. The summed E-state index contributed by atoms with van der Waals surface area (Å²) < 4.78 is 11.2. The first-order valence-corrected chi connectivity index (χ1v) is 10.3. The van der Waals surface area contributed by atoms with Gasteiger partial charge in [0.15, 0.2) is 5.96 Å². The van der Waals surface area contributed by atoms with E-state index in [1.165, 1.54) is 11.1 Å². The number of hydrogen-bond acceptors (Lipinski definition) is 3. The second-order valence-corrected chi connectivity index (χ2v) is 7.62. The Morgan fingerprint density at radius 1 is 1.18 bits per heavy atom. The van der Waals surface area contributed by atoms with Crippen LogP contribution in [0.5, 0.6) is 0 Å². The van der Waals surface area contributed by atoms with Crippen molar-refractivity contribution < 1.29 is 9.47 Å². The maximum Gasteiger partial charge on any atom is 0.191 e. The molecule has 0 spiro atoms. The molecule has 0 saturated carbocycles. The zero-order valence-corrected chi connectivity index (χ0v) is 20.3. The fraction of sp³-hybridized carbons (Fsp3) is 0.682. The van der Waals surface area contributed by atoms with Crippen LogP contribution in [-0.2, 0) is 15.9 Å². The van der Waals surface area contributed by atoms with Crippen molar-refractivity contribution in [1.29, 1.82) is 0 Å². The molecule has 0 amide bonds. The van der Waals surface area contributed by atoms with Crippen molar-refractivity contribution >= 4 is 29.9 Å². The number of aliphatic imine (C=N–C) groups is 1. The maximum absolute atomic E-state index is 5.77. The van der Waals surface area contributed by atoms with E-state index in [0.29, 0.717) is 12.5 Å². The van der Waals surface area contributed by atoms with Crippen LogP contribution >= 0.6 is 24.0 Å². The van der Waals surface area contributed by atoms with Gasteiger partial charge in [-0.3, -0.25) is 4.99 Å². The minimum Gasteiger partial charge on any atom is -0.381 e. The Labute approximate surface area is 188 Å². The number of aryl methyl sites for hydroxylation is 1. The summed E-state index contributed by atoms with van der Waals surface area (Å²) in [5, 5.41) is 6.79. The van der Waals surface area contributed by atoms with Crippen LogP contribution in [0.15, 0.2) is 29.3 Å². The van der Waals surface area contributed by atoms with E-state index in [-0.39, 0.29) is 29.6 Å². The first-order chi connectivity index (χ1) is 13.1. The second kappa shape index (κ2) is 13.4. The van der Waals surface area contributed by atoms with Gasteiger partial charge in [0, 0.05) is 46.3 Å². The quantitative estimate of drug-likeness (QED) is 0.231. The summed E-state index contributed by atoms with van der Waals surface area (Å²) in [6.07, 6.45) is 3.95. The molecule has 1 aromatic rings. The lowest BCUT2D eigenvalue weighted by atomic mass is 9.94. The Morgan fingerprint density at radius 2 is 1.86 bits per heavy atom. The van der Waals surface area contributed by atoms with Crippen molar-refractivity contribution in [3.63, 3.8) is 0 Å². The SMILES string of the molecule is CCNC(=NCC1(OC)CCOCC1)NCCCc1ccc(C(C)C)cc1.I. The summed E-state index contributed by atoms with van der Waals surface area (Å²) in [6.45, 7) is 10.5. The highest BCUT2D eigenvalue weighted by molar-refractivity contribution is 14.0. The highest BCUT2D eigenvalue weighted by Gasteiger charge is 2.32. The van der Waals surface area contributed by atoms with Crippen LogP contribution in [-0.4, -0.2) is 51.5 Å². The van der Waals surface area contributed by atoms with Crippen LogP contribution < -0.4 is 10.6 Å². The molecule has 1 saturated heterocycles. The van der Waals surface area contributed by atoms with Gasteiger partial charge in [0.05, 0.1) is 12.1 Å². The van der Waals surface area contributed by atoms with Gasteiger partial charge in [-0.1, -0.05) is 38.1 Å². The molecule has 1 aliphatic rings. The van der Waals surface area contributed by atoms with Gasteiger partial charge in [-0.25, -0.2) is 0 Å². The maximum atomic E-state index is 5.77. The molecule has 2 rings (SSSR count). The van der Waals surface area contributed by atoms with Gasteiger partial charge in [0.2, 0.25) is 0 Å². The summed E-state index contributed by atoms with van der Waals surface area (Å²) in [4.78, 5) is 4.77. The minimum absolute atomic E-state index is 0. The van der Waals surface area contributed by atoms with E-state index in [0.717, 1.165) is 57.9 Å². The van der Waals surface area contributed by atoms with E-state index in [4.69, 9.17) is 14.5 Å². The van der Waals surface area contributed by atoms with Crippen LogP contribution in [0.2, 0.25) is 0 Å². The third-order valence-corrected chi connectivity index (χ3v) is 5.29. The summed E-state index contributed by atoms with van der Waals surface area (Å²) >= 11 is 0. The molecule has 0 aromatic heterocycles. The first-order valence-electron chi connectivity index (χ1n) is 10.3. The van der Waals surface area contributed by atoms with Crippen LogP contribution in [0, 0.1) is 0 Å². The molecule has 2 N–H and O–H groups in total. The van der Waals surface area contributed by atoms with Crippen LogP contribution in [0.1, 0.15) is 57.1 Å². The number of methoxy groups -OCH3 is 1. The van der Waals surface area contributed by atoms with Crippen LogP contribution in [0.3, 0.4) is 0 Å². The molecule has 0 bridgehead atoms. The number of rotatable bonds is 9. The molecule has 6 heteroatoms. The predicted molar refractivity (Wildman–Crippen MR) is 128 cm³/mol. The molecule has 1 heterocycles. The first kappa shape index (κ1) is 25.2. The fourth-order valence-electron chi connectivity index (χ4n) is 3.30. The number of guanidine groups is 1. The predicted octanol–water partition coefficient (Wildman–Crippen LogP) is 4.11. The Bertz CT molecular complexity index is 570. The Hall–Kier alpha value is -0.860. The normalized spacial score (nSPS) is 16.5. The minimum atomic E-state index is -0.182. The lowest BCUT2D eigenvalue weighted by molar-refractivity contribution is -0.0828. The monoisotopic (exact) mass is 503 g/mol. The van der Waals surface area contributed by atoms with Gasteiger partial charge >= 0.3 is 0 Å². The molecule has 1 aromatic carbocycles. The zero-order valence-electron chi connectivity index (χ0n) is 17.9. The molecule has 28 heavy (non-hydrogen) atoms.